The summed E-state index contributed by atoms with van der Waals surface area (Å²) in [5, 5.41) is 22.7. The molecule has 0 radical (unpaired) electrons. The zero-order chi connectivity index (χ0) is 23.8. The van der Waals surface area contributed by atoms with Crippen LogP contribution >= 0.6 is 0 Å². The number of hydrogen-bond acceptors (Lipinski definition) is 6. The molecule has 3 N–H and O–H groups in total. The van der Waals surface area contributed by atoms with E-state index < -0.39 is 12.1 Å². The van der Waals surface area contributed by atoms with E-state index in [0.29, 0.717) is 18.0 Å². The molecule has 0 saturated heterocycles. The number of hydrogen-bond donors (Lipinski definition) is 3. The van der Waals surface area contributed by atoms with E-state index in [1.165, 1.54) is 6.07 Å². The molecule has 3 aromatic carbocycles. The van der Waals surface area contributed by atoms with Crippen molar-refractivity contribution in [2.75, 3.05) is 19.7 Å². The lowest BCUT2D eigenvalue weighted by Gasteiger charge is -2.27. The summed E-state index contributed by atoms with van der Waals surface area (Å²) in [5.41, 5.74) is 1.17. The van der Waals surface area contributed by atoms with Crippen molar-refractivity contribution in [3.63, 3.8) is 0 Å². The number of ether oxygens (including phenoxy) is 3. The van der Waals surface area contributed by atoms with Crippen LogP contribution in [0.5, 0.6) is 23.0 Å². The Morgan fingerprint density at radius 2 is 1.85 bits per heavy atom. The summed E-state index contributed by atoms with van der Waals surface area (Å²) in [5.74, 6) is 1.45. The van der Waals surface area contributed by atoms with Gasteiger partial charge in [-0.3, -0.25) is 0 Å². The van der Waals surface area contributed by atoms with Gasteiger partial charge in [-0.1, -0.05) is 30.3 Å². The van der Waals surface area contributed by atoms with Crippen LogP contribution in [0.15, 0.2) is 72.8 Å². The van der Waals surface area contributed by atoms with Crippen LogP contribution in [-0.4, -0.2) is 48.1 Å². The molecule has 0 amide bonds. The number of carboxylic acid groups (broad SMARTS) is 1. The molecule has 0 fully saturated rings. The summed E-state index contributed by atoms with van der Waals surface area (Å²) in [6.45, 7) is 1.43. The maximum absolute atomic E-state index is 11.4. The topological polar surface area (TPSA) is 97.3 Å². The number of aryl methyl sites for hydroxylation is 1. The van der Waals surface area contributed by atoms with Gasteiger partial charge in [0, 0.05) is 6.54 Å². The minimum absolute atomic E-state index is 0.0946. The van der Waals surface area contributed by atoms with Gasteiger partial charge in [0.05, 0.1) is 0 Å². The monoisotopic (exact) mass is 463 g/mol. The summed E-state index contributed by atoms with van der Waals surface area (Å²) < 4.78 is 17.5. The Labute approximate surface area is 198 Å². The molecule has 0 aromatic heterocycles. The Morgan fingerprint density at radius 3 is 2.68 bits per heavy atom. The largest absolute Gasteiger partial charge is 0.491 e. The van der Waals surface area contributed by atoms with Gasteiger partial charge in [0.15, 0.2) is 0 Å². The molecule has 2 atom stereocenters. The minimum atomic E-state index is -1.02. The number of aliphatic hydroxyl groups excluding tert-OH is 1. The maximum atomic E-state index is 11.4. The van der Waals surface area contributed by atoms with Gasteiger partial charge >= 0.3 is 5.97 Å². The van der Waals surface area contributed by atoms with E-state index in [-0.39, 0.29) is 18.3 Å². The zero-order valence-corrected chi connectivity index (χ0v) is 18.9. The summed E-state index contributed by atoms with van der Waals surface area (Å²) >= 11 is 0. The van der Waals surface area contributed by atoms with Crippen molar-refractivity contribution in [2.24, 2.45) is 0 Å². The van der Waals surface area contributed by atoms with Crippen LogP contribution in [0.25, 0.3) is 0 Å². The Bertz CT molecular complexity index is 1090. The molecule has 0 aliphatic carbocycles. The molecule has 0 spiro atoms. The molecular weight excluding hydrogens is 434 g/mol. The zero-order valence-electron chi connectivity index (χ0n) is 18.9. The van der Waals surface area contributed by atoms with Gasteiger partial charge < -0.3 is 29.7 Å². The van der Waals surface area contributed by atoms with Crippen LogP contribution in [0, 0.1) is 0 Å². The second-order valence-electron chi connectivity index (χ2n) is 8.22. The van der Waals surface area contributed by atoms with Gasteiger partial charge in [0.2, 0.25) is 0 Å². The quantitative estimate of drug-likeness (QED) is 0.365. The average molecular weight is 464 g/mol. The number of aromatic carboxylic acids is 1. The van der Waals surface area contributed by atoms with Crippen LogP contribution < -0.4 is 19.5 Å². The summed E-state index contributed by atoms with van der Waals surface area (Å²) in [6, 6.07) is 21.6. The highest BCUT2D eigenvalue weighted by Gasteiger charge is 2.21. The molecule has 1 heterocycles. The molecular formula is C27H29NO6. The van der Waals surface area contributed by atoms with E-state index in [1.807, 2.05) is 42.5 Å². The molecule has 1 aliphatic heterocycles. The standard InChI is InChI=1S/C27H29NO6/c29-20(18-32-21-6-2-1-3-7-21)17-28-15-14-22-11-10-19-16-23(12-13-25(19)33-22)34-26-9-5-4-8-24(26)27(30)31/h1-9,12-13,16,20,22,28-29H,10-11,14-15,17-18H2,(H,30,31). The molecule has 178 valence electrons. The number of nitrogens with one attached hydrogen (secondary N) is 1. The number of fused-ring (bicyclic) bond motifs is 1. The van der Waals surface area contributed by atoms with Crippen LogP contribution in [0.1, 0.15) is 28.8 Å². The van der Waals surface area contributed by atoms with Crippen LogP contribution in [0.3, 0.4) is 0 Å². The first-order chi connectivity index (χ1) is 16.6. The van der Waals surface area contributed by atoms with Gasteiger partial charge in [-0.05, 0) is 73.8 Å². The van der Waals surface area contributed by atoms with Gasteiger partial charge in [-0.25, -0.2) is 4.79 Å². The number of carboxylic acids is 1. The van der Waals surface area contributed by atoms with E-state index in [0.717, 1.165) is 42.9 Å². The molecule has 1 aliphatic rings. The third-order valence-electron chi connectivity index (χ3n) is 5.62. The predicted octanol–water partition coefficient (Wildman–Crippen LogP) is 4.29. The van der Waals surface area contributed by atoms with E-state index in [2.05, 4.69) is 5.32 Å². The van der Waals surface area contributed by atoms with Gasteiger partial charge in [-0.2, -0.15) is 0 Å². The number of rotatable bonds is 11. The van der Waals surface area contributed by atoms with E-state index in [4.69, 9.17) is 14.2 Å². The molecule has 4 rings (SSSR count). The van der Waals surface area contributed by atoms with Crippen molar-refractivity contribution in [2.45, 2.75) is 31.5 Å². The van der Waals surface area contributed by atoms with E-state index in [1.54, 1.807) is 24.3 Å². The normalized spacial score (nSPS) is 15.6. The first-order valence-electron chi connectivity index (χ1n) is 11.4. The summed E-state index contributed by atoms with van der Waals surface area (Å²) in [4.78, 5) is 11.4. The van der Waals surface area contributed by atoms with Crippen molar-refractivity contribution in [1.82, 2.24) is 5.32 Å². The van der Waals surface area contributed by atoms with Gasteiger partial charge in [0.25, 0.3) is 0 Å². The van der Waals surface area contributed by atoms with Crippen LogP contribution in [0.2, 0.25) is 0 Å². The van der Waals surface area contributed by atoms with Crippen molar-refractivity contribution in [3.8, 4) is 23.0 Å². The second-order valence-corrected chi connectivity index (χ2v) is 8.22. The fourth-order valence-electron chi connectivity index (χ4n) is 3.85. The molecule has 7 heteroatoms. The van der Waals surface area contributed by atoms with E-state index >= 15 is 0 Å². The van der Waals surface area contributed by atoms with Crippen molar-refractivity contribution < 1.29 is 29.2 Å². The summed E-state index contributed by atoms with van der Waals surface area (Å²) in [7, 11) is 0. The van der Waals surface area contributed by atoms with Gasteiger partial charge in [0.1, 0.15) is 47.4 Å². The predicted molar refractivity (Wildman–Crippen MR) is 128 cm³/mol. The molecule has 7 nitrogen and oxygen atoms in total. The highest BCUT2D eigenvalue weighted by molar-refractivity contribution is 5.90. The molecule has 0 saturated carbocycles. The number of benzene rings is 3. The maximum Gasteiger partial charge on any atom is 0.339 e. The number of para-hydroxylation sites is 2. The molecule has 34 heavy (non-hydrogen) atoms. The first-order valence-corrected chi connectivity index (χ1v) is 11.4. The van der Waals surface area contributed by atoms with Crippen LogP contribution in [0.4, 0.5) is 0 Å². The highest BCUT2D eigenvalue weighted by Crippen LogP contribution is 2.34. The first kappa shape index (κ1) is 23.6. The Balaban J connectivity index is 1.21. The fraction of sp³-hybridized carbons (Fsp3) is 0.296. The minimum Gasteiger partial charge on any atom is -0.491 e. The Kier molecular flexibility index (Phi) is 8.01. The Hall–Kier alpha value is -3.55. The average Bonchev–Trinajstić information content (AvgIpc) is 2.86. The smallest absolute Gasteiger partial charge is 0.339 e. The number of aliphatic hydroxyl groups is 1. The lowest BCUT2D eigenvalue weighted by atomic mass is 10.00. The second kappa shape index (κ2) is 11.5. The van der Waals surface area contributed by atoms with E-state index in [9.17, 15) is 15.0 Å². The third-order valence-corrected chi connectivity index (χ3v) is 5.62. The highest BCUT2D eigenvalue weighted by atomic mass is 16.5. The lowest BCUT2D eigenvalue weighted by Crippen LogP contribution is -2.34. The van der Waals surface area contributed by atoms with Crippen LogP contribution in [-0.2, 0) is 6.42 Å². The fourth-order valence-corrected chi connectivity index (χ4v) is 3.85. The Morgan fingerprint density at radius 1 is 1.06 bits per heavy atom. The third kappa shape index (κ3) is 6.50. The summed E-state index contributed by atoms with van der Waals surface area (Å²) in [6.07, 6.45) is 2.07. The van der Waals surface area contributed by atoms with Gasteiger partial charge in [-0.15, -0.1) is 0 Å². The van der Waals surface area contributed by atoms with Crippen molar-refractivity contribution >= 4 is 5.97 Å². The SMILES string of the molecule is O=C(O)c1ccccc1Oc1ccc2c(c1)CCC(CCNCC(O)COc1ccccc1)O2. The molecule has 0 bridgehead atoms. The lowest BCUT2D eigenvalue weighted by molar-refractivity contribution is 0.0694. The molecule has 2 unspecified atom stereocenters. The number of carbonyl (C=O) groups is 1. The molecule has 3 aromatic rings. The van der Waals surface area contributed by atoms with Crippen molar-refractivity contribution in [1.29, 1.82) is 0 Å². The van der Waals surface area contributed by atoms with Crippen molar-refractivity contribution in [3.05, 3.63) is 83.9 Å².